The number of hydrogen-bond donors (Lipinski definition) is 2. The quantitative estimate of drug-likeness (QED) is 0.843. The van der Waals surface area contributed by atoms with Crippen molar-refractivity contribution < 1.29 is 9.53 Å². The zero-order valence-corrected chi connectivity index (χ0v) is 11.6. The average molecular weight is 281 g/mol. The molecule has 0 atom stereocenters. The fourth-order valence-electron chi connectivity index (χ4n) is 1.79. The molecule has 0 aliphatic heterocycles. The minimum atomic E-state index is -0.221. The van der Waals surface area contributed by atoms with E-state index in [9.17, 15) is 4.79 Å². The molecule has 0 aliphatic rings. The Morgan fingerprint density at radius 2 is 2.00 bits per heavy atom. The highest BCUT2D eigenvalue weighted by Gasteiger charge is 2.13. The number of nitriles is 1. The normalized spacial score (nSPS) is 9.71. The van der Waals surface area contributed by atoms with E-state index in [2.05, 4.69) is 5.32 Å². The van der Waals surface area contributed by atoms with Crippen molar-refractivity contribution in [3.63, 3.8) is 0 Å². The minimum absolute atomic E-state index is 0.221. The molecule has 0 aromatic heterocycles. The van der Waals surface area contributed by atoms with E-state index in [-0.39, 0.29) is 5.91 Å². The summed E-state index contributed by atoms with van der Waals surface area (Å²) in [6.07, 6.45) is 0. The fourth-order valence-corrected chi connectivity index (χ4v) is 1.79. The number of nitrogens with one attached hydrogen (secondary N) is 1. The molecule has 0 fully saturated rings. The highest BCUT2D eigenvalue weighted by Crippen LogP contribution is 2.27. The second kappa shape index (κ2) is 6.44. The average Bonchev–Trinajstić information content (AvgIpc) is 2.48. The first-order chi connectivity index (χ1) is 10.1. The zero-order valence-electron chi connectivity index (χ0n) is 11.6. The van der Waals surface area contributed by atoms with Crippen LogP contribution in [0.25, 0.3) is 0 Å². The number of nitrogens with zero attached hydrogens (tertiary/aromatic N) is 1. The lowest BCUT2D eigenvalue weighted by molar-refractivity contribution is 0.0953. The standard InChI is InChI=1S/C16H15N3O2/c1-2-19-16(20)14-8-5-12(18)9-15(14)21-13-6-3-11(10-17)4-7-13/h3-9H,2,18H2,1H3,(H,19,20). The number of ether oxygens (including phenoxy) is 1. The minimum Gasteiger partial charge on any atom is -0.456 e. The smallest absolute Gasteiger partial charge is 0.255 e. The summed E-state index contributed by atoms with van der Waals surface area (Å²) in [5.74, 6) is 0.692. The van der Waals surface area contributed by atoms with E-state index < -0.39 is 0 Å². The topological polar surface area (TPSA) is 88.1 Å². The molecule has 0 spiro atoms. The summed E-state index contributed by atoms with van der Waals surface area (Å²) >= 11 is 0. The highest BCUT2D eigenvalue weighted by atomic mass is 16.5. The van der Waals surface area contributed by atoms with E-state index in [0.29, 0.717) is 34.9 Å². The van der Waals surface area contributed by atoms with E-state index in [1.54, 1.807) is 42.5 Å². The number of nitrogens with two attached hydrogens (primary N) is 1. The molecule has 2 aromatic carbocycles. The van der Waals surface area contributed by atoms with Crippen molar-refractivity contribution in [3.05, 3.63) is 53.6 Å². The van der Waals surface area contributed by atoms with Gasteiger partial charge >= 0.3 is 0 Å². The maximum atomic E-state index is 12.0. The highest BCUT2D eigenvalue weighted by molar-refractivity contribution is 5.97. The van der Waals surface area contributed by atoms with Crippen LogP contribution in [0.1, 0.15) is 22.8 Å². The molecule has 0 heterocycles. The van der Waals surface area contributed by atoms with Gasteiger partial charge in [-0.25, -0.2) is 0 Å². The summed E-state index contributed by atoms with van der Waals surface area (Å²) in [6, 6.07) is 13.5. The van der Waals surface area contributed by atoms with Crippen LogP contribution < -0.4 is 15.8 Å². The first-order valence-corrected chi connectivity index (χ1v) is 6.49. The number of carbonyl (C=O) groups is 1. The van der Waals surface area contributed by atoms with Gasteiger partial charge in [0.15, 0.2) is 0 Å². The van der Waals surface area contributed by atoms with E-state index in [0.717, 1.165) is 0 Å². The molecule has 0 bridgehead atoms. The van der Waals surface area contributed by atoms with Crippen LogP contribution in [0.15, 0.2) is 42.5 Å². The largest absolute Gasteiger partial charge is 0.456 e. The number of amides is 1. The number of benzene rings is 2. The van der Waals surface area contributed by atoms with Gasteiger partial charge in [0.05, 0.1) is 17.2 Å². The molecule has 0 radical (unpaired) electrons. The lowest BCUT2D eigenvalue weighted by atomic mass is 10.1. The lowest BCUT2D eigenvalue weighted by Gasteiger charge is -2.11. The molecule has 0 saturated carbocycles. The number of rotatable bonds is 4. The van der Waals surface area contributed by atoms with Crippen LogP contribution in [-0.2, 0) is 0 Å². The first kappa shape index (κ1) is 14.4. The SMILES string of the molecule is CCNC(=O)c1ccc(N)cc1Oc1ccc(C#N)cc1. The third-order valence-electron chi connectivity index (χ3n) is 2.80. The Morgan fingerprint density at radius 3 is 2.62 bits per heavy atom. The molecular formula is C16H15N3O2. The molecule has 106 valence electrons. The van der Waals surface area contributed by atoms with Crippen LogP contribution in [0.3, 0.4) is 0 Å². The Kier molecular flexibility index (Phi) is 4.42. The summed E-state index contributed by atoms with van der Waals surface area (Å²) in [7, 11) is 0. The number of carbonyl (C=O) groups excluding carboxylic acids is 1. The second-order valence-electron chi connectivity index (χ2n) is 4.35. The van der Waals surface area contributed by atoms with Gasteiger partial charge in [-0.3, -0.25) is 4.79 Å². The van der Waals surface area contributed by atoms with E-state index >= 15 is 0 Å². The van der Waals surface area contributed by atoms with Crippen molar-refractivity contribution in [3.8, 4) is 17.6 Å². The van der Waals surface area contributed by atoms with E-state index in [1.165, 1.54) is 0 Å². The molecule has 5 heteroatoms. The van der Waals surface area contributed by atoms with Gasteiger partial charge in [0.25, 0.3) is 5.91 Å². The predicted octanol–water partition coefficient (Wildman–Crippen LogP) is 2.68. The molecule has 21 heavy (non-hydrogen) atoms. The predicted molar refractivity (Wildman–Crippen MR) is 80.1 cm³/mol. The molecule has 2 rings (SSSR count). The molecule has 5 nitrogen and oxygen atoms in total. The van der Waals surface area contributed by atoms with Gasteiger partial charge in [-0.05, 0) is 43.3 Å². The number of anilines is 1. The summed E-state index contributed by atoms with van der Waals surface area (Å²) in [5, 5.41) is 11.5. The molecule has 0 unspecified atom stereocenters. The summed E-state index contributed by atoms with van der Waals surface area (Å²) < 4.78 is 5.71. The first-order valence-electron chi connectivity index (χ1n) is 6.49. The third kappa shape index (κ3) is 3.51. The van der Waals surface area contributed by atoms with Crippen LogP contribution in [0, 0.1) is 11.3 Å². The van der Waals surface area contributed by atoms with Crippen molar-refractivity contribution in [1.29, 1.82) is 5.26 Å². The Morgan fingerprint density at radius 1 is 1.29 bits per heavy atom. The summed E-state index contributed by atoms with van der Waals surface area (Å²) in [4.78, 5) is 12.0. The lowest BCUT2D eigenvalue weighted by Crippen LogP contribution is -2.23. The molecule has 0 aliphatic carbocycles. The van der Waals surface area contributed by atoms with Gasteiger partial charge in [0.2, 0.25) is 0 Å². The molecule has 3 N–H and O–H groups in total. The van der Waals surface area contributed by atoms with Crippen LogP contribution in [0.5, 0.6) is 11.5 Å². The van der Waals surface area contributed by atoms with E-state index in [1.807, 2.05) is 13.0 Å². The van der Waals surface area contributed by atoms with Gasteiger partial charge in [0.1, 0.15) is 11.5 Å². The summed E-state index contributed by atoms with van der Waals surface area (Å²) in [5.41, 5.74) is 7.21. The Bertz CT molecular complexity index is 688. The van der Waals surface area contributed by atoms with Gasteiger partial charge < -0.3 is 15.8 Å². The zero-order chi connectivity index (χ0) is 15.2. The Balaban J connectivity index is 2.31. The van der Waals surface area contributed by atoms with Crippen LogP contribution >= 0.6 is 0 Å². The number of hydrogen-bond acceptors (Lipinski definition) is 4. The fraction of sp³-hybridized carbons (Fsp3) is 0.125. The van der Waals surface area contributed by atoms with Crippen LogP contribution in [-0.4, -0.2) is 12.5 Å². The number of nitrogen functional groups attached to an aromatic ring is 1. The van der Waals surface area contributed by atoms with Crippen molar-refractivity contribution in [2.75, 3.05) is 12.3 Å². The van der Waals surface area contributed by atoms with Crippen molar-refractivity contribution >= 4 is 11.6 Å². The molecule has 0 saturated heterocycles. The summed E-state index contributed by atoms with van der Waals surface area (Å²) in [6.45, 7) is 2.37. The van der Waals surface area contributed by atoms with Crippen LogP contribution in [0.2, 0.25) is 0 Å². The molecule has 2 aromatic rings. The van der Waals surface area contributed by atoms with Gasteiger partial charge in [-0.15, -0.1) is 0 Å². The van der Waals surface area contributed by atoms with Crippen molar-refractivity contribution in [2.24, 2.45) is 0 Å². The monoisotopic (exact) mass is 281 g/mol. The third-order valence-corrected chi connectivity index (χ3v) is 2.80. The Hall–Kier alpha value is -3.00. The van der Waals surface area contributed by atoms with Crippen molar-refractivity contribution in [2.45, 2.75) is 6.92 Å². The second-order valence-corrected chi connectivity index (χ2v) is 4.35. The van der Waals surface area contributed by atoms with Crippen LogP contribution in [0.4, 0.5) is 5.69 Å². The van der Waals surface area contributed by atoms with E-state index in [4.69, 9.17) is 15.7 Å². The van der Waals surface area contributed by atoms with Gasteiger partial charge in [-0.2, -0.15) is 5.26 Å². The molecular weight excluding hydrogens is 266 g/mol. The maximum Gasteiger partial charge on any atom is 0.255 e. The van der Waals surface area contributed by atoms with Crippen molar-refractivity contribution in [1.82, 2.24) is 5.32 Å². The van der Waals surface area contributed by atoms with Gasteiger partial charge in [-0.1, -0.05) is 0 Å². The molecule has 1 amide bonds. The Labute approximate surface area is 123 Å². The maximum absolute atomic E-state index is 12.0. The van der Waals surface area contributed by atoms with Gasteiger partial charge in [0, 0.05) is 18.3 Å².